The SMILES string of the molecule is CC(C)(C(=O)O)c1ccc2c(c1)C(SCCN1CCNCC1Cc1ccc(Cl)cc1)c1ccccc1CO2. The maximum atomic E-state index is 12.0. The molecule has 5 rings (SSSR count). The monoisotopic (exact) mass is 550 g/mol. The zero-order valence-electron chi connectivity index (χ0n) is 22.0. The summed E-state index contributed by atoms with van der Waals surface area (Å²) in [5.74, 6) is 0.968. The molecule has 2 aliphatic rings. The molecule has 1 fully saturated rings. The Morgan fingerprint density at radius 2 is 1.92 bits per heavy atom. The van der Waals surface area contributed by atoms with E-state index in [1.807, 2.05) is 36.0 Å². The second-order valence-corrected chi connectivity index (χ2v) is 12.3. The van der Waals surface area contributed by atoms with Gasteiger partial charge in [-0.25, -0.2) is 0 Å². The Kier molecular flexibility index (Phi) is 8.34. The highest BCUT2D eigenvalue weighted by molar-refractivity contribution is 7.99. The predicted molar refractivity (Wildman–Crippen MR) is 156 cm³/mol. The highest BCUT2D eigenvalue weighted by atomic mass is 35.5. The molecular formula is C31H35ClN2O3S. The minimum Gasteiger partial charge on any atom is -0.489 e. The summed E-state index contributed by atoms with van der Waals surface area (Å²) in [4.78, 5) is 14.6. The van der Waals surface area contributed by atoms with E-state index in [4.69, 9.17) is 16.3 Å². The van der Waals surface area contributed by atoms with Crippen LogP contribution in [0.2, 0.25) is 5.02 Å². The minimum atomic E-state index is -0.980. The molecule has 1 saturated heterocycles. The van der Waals surface area contributed by atoms with Crippen molar-refractivity contribution in [2.75, 3.05) is 31.9 Å². The third-order valence-corrected chi connectivity index (χ3v) is 9.30. The van der Waals surface area contributed by atoms with Crippen LogP contribution in [0.3, 0.4) is 0 Å². The number of carbonyl (C=O) groups is 1. The fourth-order valence-electron chi connectivity index (χ4n) is 5.30. The van der Waals surface area contributed by atoms with Gasteiger partial charge in [0.05, 0.1) is 10.7 Å². The number of hydrogen-bond donors (Lipinski definition) is 2. The summed E-state index contributed by atoms with van der Waals surface area (Å²) in [7, 11) is 0. The summed E-state index contributed by atoms with van der Waals surface area (Å²) in [5.41, 5.74) is 4.61. The molecule has 2 unspecified atom stereocenters. The maximum Gasteiger partial charge on any atom is 0.313 e. The standard InChI is InChI=1S/C31H35ClN2O3S/c1-31(2,30(35)36)23-9-12-28-27(18-23)29(26-6-4-3-5-22(26)20-37-28)38-16-15-34-14-13-33-19-25(34)17-21-7-10-24(32)11-8-21/h3-12,18,25,29,33H,13-17,19-20H2,1-2H3,(H,35,36). The normalized spacial score (nSPS) is 19.7. The van der Waals surface area contributed by atoms with E-state index in [0.717, 1.165) is 60.3 Å². The van der Waals surface area contributed by atoms with Crippen molar-refractivity contribution >= 4 is 29.3 Å². The van der Waals surface area contributed by atoms with Gasteiger partial charge < -0.3 is 15.2 Å². The average Bonchev–Trinajstić information content (AvgIpc) is 3.07. The van der Waals surface area contributed by atoms with Gasteiger partial charge in [-0.1, -0.05) is 54.1 Å². The molecule has 0 saturated carbocycles. The van der Waals surface area contributed by atoms with E-state index in [9.17, 15) is 9.90 Å². The molecule has 0 aliphatic carbocycles. The number of benzene rings is 3. The number of ether oxygens (including phenoxy) is 1. The van der Waals surface area contributed by atoms with Gasteiger partial charge in [0.1, 0.15) is 12.4 Å². The number of aliphatic carboxylic acids is 1. The highest BCUT2D eigenvalue weighted by Crippen LogP contribution is 2.45. The quantitative estimate of drug-likeness (QED) is 0.362. The van der Waals surface area contributed by atoms with Gasteiger partial charge in [0.15, 0.2) is 0 Å². The molecule has 0 radical (unpaired) electrons. The molecule has 0 amide bonds. The van der Waals surface area contributed by atoms with Crippen molar-refractivity contribution in [1.29, 1.82) is 0 Å². The van der Waals surface area contributed by atoms with Crippen molar-refractivity contribution in [3.8, 4) is 5.75 Å². The lowest BCUT2D eigenvalue weighted by molar-refractivity contribution is -0.142. The number of carboxylic acid groups (broad SMARTS) is 1. The summed E-state index contributed by atoms with van der Waals surface area (Å²) < 4.78 is 6.23. The molecule has 2 aliphatic heterocycles. The summed E-state index contributed by atoms with van der Waals surface area (Å²) in [6.07, 6.45) is 0.991. The molecule has 3 aromatic rings. The van der Waals surface area contributed by atoms with Gasteiger partial charge in [-0.05, 0) is 66.8 Å². The first kappa shape index (κ1) is 27.1. The molecule has 0 spiro atoms. The number of carboxylic acids is 1. The summed E-state index contributed by atoms with van der Waals surface area (Å²) in [5, 5.41) is 14.3. The first-order chi connectivity index (χ1) is 18.3. The molecule has 2 N–H and O–H groups in total. The second-order valence-electron chi connectivity index (χ2n) is 10.6. The average molecular weight is 551 g/mol. The summed E-state index contributed by atoms with van der Waals surface area (Å²) in [6.45, 7) is 8.02. The van der Waals surface area contributed by atoms with Crippen LogP contribution < -0.4 is 10.1 Å². The molecule has 5 nitrogen and oxygen atoms in total. The van der Waals surface area contributed by atoms with Crippen LogP contribution in [0.1, 0.15) is 46.9 Å². The van der Waals surface area contributed by atoms with Crippen LogP contribution in [0.5, 0.6) is 5.75 Å². The number of fused-ring (bicyclic) bond motifs is 2. The zero-order valence-corrected chi connectivity index (χ0v) is 23.5. The van der Waals surface area contributed by atoms with E-state index in [2.05, 4.69) is 52.7 Å². The van der Waals surface area contributed by atoms with Crippen LogP contribution in [0, 0.1) is 0 Å². The van der Waals surface area contributed by atoms with E-state index in [1.54, 1.807) is 13.8 Å². The van der Waals surface area contributed by atoms with Gasteiger partial charge in [-0.15, -0.1) is 11.8 Å². The zero-order chi connectivity index (χ0) is 26.7. The van der Waals surface area contributed by atoms with E-state index < -0.39 is 11.4 Å². The smallest absolute Gasteiger partial charge is 0.313 e. The number of halogens is 1. The Bertz CT molecular complexity index is 1280. The van der Waals surface area contributed by atoms with Crippen LogP contribution in [-0.4, -0.2) is 53.9 Å². The fourth-order valence-corrected chi connectivity index (χ4v) is 6.77. The van der Waals surface area contributed by atoms with Crippen LogP contribution in [0.4, 0.5) is 0 Å². The third-order valence-electron chi connectivity index (χ3n) is 7.79. The predicted octanol–water partition coefficient (Wildman–Crippen LogP) is 5.93. The van der Waals surface area contributed by atoms with Crippen molar-refractivity contribution < 1.29 is 14.6 Å². The maximum absolute atomic E-state index is 12.0. The number of rotatable bonds is 8. The topological polar surface area (TPSA) is 61.8 Å². The van der Waals surface area contributed by atoms with E-state index >= 15 is 0 Å². The minimum absolute atomic E-state index is 0.0749. The van der Waals surface area contributed by atoms with Gasteiger partial charge in [-0.3, -0.25) is 9.69 Å². The van der Waals surface area contributed by atoms with Gasteiger partial charge in [0.2, 0.25) is 0 Å². The molecule has 2 heterocycles. The van der Waals surface area contributed by atoms with Gasteiger partial charge >= 0.3 is 5.97 Å². The van der Waals surface area contributed by atoms with Crippen LogP contribution in [0.25, 0.3) is 0 Å². The molecular weight excluding hydrogens is 516 g/mol. The number of piperazine rings is 1. The third kappa shape index (κ3) is 5.89. The number of nitrogens with one attached hydrogen (secondary N) is 1. The first-order valence-electron chi connectivity index (χ1n) is 13.2. The van der Waals surface area contributed by atoms with Crippen LogP contribution >= 0.6 is 23.4 Å². The lowest BCUT2D eigenvalue weighted by Crippen LogP contribution is -2.52. The number of thioether (sulfide) groups is 1. The molecule has 3 aromatic carbocycles. The van der Waals surface area contributed by atoms with E-state index in [1.165, 1.54) is 16.7 Å². The van der Waals surface area contributed by atoms with Crippen molar-refractivity contribution in [2.24, 2.45) is 0 Å². The molecule has 0 aromatic heterocycles. The van der Waals surface area contributed by atoms with Gasteiger partial charge in [0, 0.05) is 48.6 Å². The Morgan fingerprint density at radius 1 is 1.13 bits per heavy atom. The van der Waals surface area contributed by atoms with Gasteiger partial charge in [-0.2, -0.15) is 0 Å². The lowest BCUT2D eigenvalue weighted by atomic mass is 9.83. The van der Waals surface area contributed by atoms with Crippen molar-refractivity contribution in [3.05, 3.63) is 99.6 Å². The molecule has 2 atom stereocenters. The molecule has 38 heavy (non-hydrogen) atoms. The molecule has 0 bridgehead atoms. The largest absolute Gasteiger partial charge is 0.489 e. The number of hydrogen-bond acceptors (Lipinski definition) is 5. The Hall–Kier alpha value is -2.51. The summed E-state index contributed by atoms with van der Waals surface area (Å²) >= 11 is 8.02. The second kappa shape index (κ2) is 11.7. The number of nitrogens with zero attached hydrogens (tertiary/aromatic N) is 1. The van der Waals surface area contributed by atoms with Crippen LogP contribution in [-0.2, 0) is 23.2 Å². The fraction of sp³-hybridized carbons (Fsp3) is 0.387. The first-order valence-corrected chi connectivity index (χ1v) is 14.6. The van der Waals surface area contributed by atoms with Crippen molar-refractivity contribution in [1.82, 2.24) is 10.2 Å². The Morgan fingerprint density at radius 3 is 2.71 bits per heavy atom. The van der Waals surface area contributed by atoms with Crippen LogP contribution in [0.15, 0.2) is 66.7 Å². The van der Waals surface area contributed by atoms with Crippen molar-refractivity contribution in [3.63, 3.8) is 0 Å². The van der Waals surface area contributed by atoms with Crippen molar-refractivity contribution in [2.45, 2.75) is 43.6 Å². The lowest BCUT2D eigenvalue weighted by Gasteiger charge is -2.36. The molecule has 200 valence electrons. The Balaban J connectivity index is 1.37. The van der Waals surface area contributed by atoms with E-state index in [-0.39, 0.29) is 5.25 Å². The van der Waals surface area contributed by atoms with Gasteiger partial charge in [0.25, 0.3) is 0 Å². The van der Waals surface area contributed by atoms with E-state index in [0.29, 0.717) is 12.6 Å². The Labute approximate surface area is 234 Å². The highest BCUT2D eigenvalue weighted by Gasteiger charge is 2.33. The molecule has 7 heteroatoms. The summed E-state index contributed by atoms with van der Waals surface area (Å²) in [6, 6.07) is 23.0.